The first-order valence-electron chi connectivity index (χ1n) is 5.49. The molecule has 0 saturated carbocycles. The molecule has 0 heterocycles. The summed E-state index contributed by atoms with van der Waals surface area (Å²) in [5.74, 6) is 0.841. The molecular weight excluding hydrogens is 289 g/mol. The summed E-state index contributed by atoms with van der Waals surface area (Å²) < 4.78 is 1.22. The highest BCUT2D eigenvalue weighted by Crippen LogP contribution is 2.03. The lowest BCUT2D eigenvalue weighted by Gasteiger charge is -2.06. The average molecular weight is 311 g/mol. The van der Waals surface area contributed by atoms with Crippen LogP contribution in [0.1, 0.15) is 46.0 Å². The Labute approximate surface area is 101 Å². The molecule has 84 valence electrons. The second-order valence-electron chi connectivity index (χ2n) is 4.03. The molecule has 0 radical (unpaired) electrons. The van der Waals surface area contributed by atoms with E-state index in [2.05, 4.69) is 41.8 Å². The SMILES string of the molecule is CC(C)CCC(=O)NCCCCCI. The summed E-state index contributed by atoms with van der Waals surface area (Å²) in [5, 5.41) is 2.96. The van der Waals surface area contributed by atoms with Crippen LogP contribution in [0, 0.1) is 5.92 Å². The van der Waals surface area contributed by atoms with Crippen molar-refractivity contribution >= 4 is 28.5 Å². The fourth-order valence-electron chi connectivity index (χ4n) is 1.13. The van der Waals surface area contributed by atoms with Crippen LogP contribution < -0.4 is 5.32 Å². The monoisotopic (exact) mass is 311 g/mol. The lowest BCUT2D eigenvalue weighted by molar-refractivity contribution is -0.121. The Morgan fingerprint density at radius 3 is 2.57 bits per heavy atom. The number of hydrogen-bond acceptors (Lipinski definition) is 1. The summed E-state index contributed by atoms with van der Waals surface area (Å²) in [6.45, 7) is 5.15. The highest BCUT2D eigenvalue weighted by molar-refractivity contribution is 14.1. The van der Waals surface area contributed by atoms with Gasteiger partial charge < -0.3 is 5.32 Å². The summed E-state index contributed by atoms with van der Waals surface area (Å²) >= 11 is 2.39. The van der Waals surface area contributed by atoms with Crippen molar-refractivity contribution in [1.82, 2.24) is 5.32 Å². The topological polar surface area (TPSA) is 29.1 Å². The fraction of sp³-hybridized carbons (Fsp3) is 0.909. The fourth-order valence-corrected chi connectivity index (χ4v) is 1.67. The molecule has 0 fully saturated rings. The van der Waals surface area contributed by atoms with Gasteiger partial charge in [0.2, 0.25) is 5.91 Å². The Bertz CT molecular complexity index is 148. The number of nitrogens with one attached hydrogen (secondary N) is 1. The van der Waals surface area contributed by atoms with Crippen molar-refractivity contribution in [3.05, 3.63) is 0 Å². The molecule has 0 unspecified atom stereocenters. The van der Waals surface area contributed by atoms with Crippen molar-refractivity contribution in [1.29, 1.82) is 0 Å². The highest BCUT2D eigenvalue weighted by atomic mass is 127. The third-order valence-electron chi connectivity index (χ3n) is 2.08. The molecule has 0 aliphatic rings. The lowest BCUT2D eigenvalue weighted by atomic mass is 10.1. The number of alkyl halides is 1. The maximum absolute atomic E-state index is 11.3. The number of hydrogen-bond donors (Lipinski definition) is 1. The van der Waals surface area contributed by atoms with Gasteiger partial charge in [-0.3, -0.25) is 4.79 Å². The summed E-state index contributed by atoms with van der Waals surface area (Å²) in [5.41, 5.74) is 0. The Morgan fingerprint density at radius 2 is 2.00 bits per heavy atom. The number of unbranched alkanes of at least 4 members (excludes halogenated alkanes) is 2. The van der Waals surface area contributed by atoms with E-state index >= 15 is 0 Å². The van der Waals surface area contributed by atoms with E-state index in [-0.39, 0.29) is 5.91 Å². The molecule has 1 N–H and O–H groups in total. The van der Waals surface area contributed by atoms with Gasteiger partial charge in [0.15, 0.2) is 0 Å². The van der Waals surface area contributed by atoms with Crippen molar-refractivity contribution < 1.29 is 4.79 Å². The summed E-state index contributed by atoms with van der Waals surface area (Å²) in [7, 11) is 0. The maximum Gasteiger partial charge on any atom is 0.220 e. The summed E-state index contributed by atoms with van der Waals surface area (Å²) in [6.07, 6.45) is 5.30. The maximum atomic E-state index is 11.3. The van der Waals surface area contributed by atoms with Crippen LogP contribution in [0.2, 0.25) is 0 Å². The molecule has 1 amide bonds. The van der Waals surface area contributed by atoms with Crippen molar-refractivity contribution in [2.45, 2.75) is 46.0 Å². The van der Waals surface area contributed by atoms with Crippen LogP contribution in [0.4, 0.5) is 0 Å². The zero-order chi connectivity index (χ0) is 10.8. The second-order valence-corrected chi connectivity index (χ2v) is 5.11. The third kappa shape index (κ3) is 10.3. The van der Waals surface area contributed by atoms with Crippen LogP contribution in [0.25, 0.3) is 0 Å². The van der Waals surface area contributed by atoms with Gasteiger partial charge in [-0.2, -0.15) is 0 Å². The van der Waals surface area contributed by atoms with Crippen molar-refractivity contribution in [2.24, 2.45) is 5.92 Å². The first-order valence-corrected chi connectivity index (χ1v) is 7.02. The molecule has 0 aromatic carbocycles. The Kier molecular flexibility index (Phi) is 9.88. The minimum Gasteiger partial charge on any atom is -0.356 e. The van der Waals surface area contributed by atoms with Gasteiger partial charge in [0.05, 0.1) is 0 Å². The van der Waals surface area contributed by atoms with Gasteiger partial charge in [0, 0.05) is 13.0 Å². The average Bonchev–Trinajstić information content (AvgIpc) is 2.14. The lowest BCUT2D eigenvalue weighted by Crippen LogP contribution is -2.24. The number of carbonyl (C=O) groups excluding carboxylic acids is 1. The first kappa shape index (κ1) is 14.2. The van der Waals surface area contributed by atoms with Crippen LogP contribution in [-0.4, -0.2) is 16.9 Å². The molecule has 2 nitrogen and oxygen atoms in total. The van der Waals surface area contributed by atoms with Crippen LogP contribution in [-0.2, 0) is 4.79 Å². The second kappa shape index (κ2) is 9.74. The van der Waals surface area contributed by atoms with E-state index in [9.17, 15) is 4.79 Å². The number of amides is 1. The van der Waals surface area contributed by atoms with E-state index in [4.69, 9.17) is 0 Å². The molecule has 0 rings (SSSR count). The van der Waals surface area contributed by atoms with Gasteiger partial charge >= 0.3 is 0 Å². The number of rotatable bonds is 8. The molecule has 0 aliphatic heterocycles. The van der Waals surface area contributed by atoms with E-state index in [1.54, 1.807) is 0 Å². The molecule has 0 aliphatic carbocycles. The van der Waals surface area contributed by atoms with E-state index in [1.807, 2.05) is 0 Å². The minimum absolute atomic E-state index is 0.216. The van der Waals surface area contributed by atoms with Gasteiger partial charge in [-0.1, -0.05) is 42.9 Å². The van der Waals surface area contributed by atoms with Crippen LogP contribution in [0.5, 0.6) is 0 Å². The molecule has 3 heteroatoms. The highest BCUT2D eigenvalue weighted by Gasteiger charge is 2.01. The molecule has 0 spiro atoms. The number of carbonyl (C=O) groups is 1. The van der Waals surface area contributed by atoms with Crippen molar-refractivity contribution in [3.8, 4) is 0 Å². The van der Waals surface area contributed by atoms with Crippen LogP contribution in [0.15, 0.2) is 0 Å². The molecule has 0 atom stereocenters. The molecule has 0 aromatic rings. The van der Waals surface area contributed by atoms with E-state index in [0.717, 1.165) is 19.4 Å². The third-order valence-corrected chi connectivity index (χ3v) is 2.84. The first-order chi connectivity index (χ1) is 6.66. The van der Waals surface area contributed by atoms with E-state index in [0.29, 0.717) is 12.3 Å². The smallest absolute Gasteiger partial charge is 0.220 e. The predicted molar refractivity (Wildman–Crippen MR) is 69.8 cm³/mol. The normalized spacial score (nSPS) is 10.6. The Hall–Kier alpha value is 0.200. The quantitative estimate of drug-likeness (QED) is 0.416. The molecule has 0 aromatic heterocycles. The predicted octanol–water partition coefficient (Wildman–Crippen LogP) is 3.14. The van der Waals surface area contributed by atoms with E-state index in [1.165, 1.54) is 17.3 Å². The van der Waals surface area contributed by atoms with E-state index < -0.39 is 0 Å². The Morgan fingerprint density at radius 1 is 1.29 bits per heavy atom. The zero-order valence-corrected chi connectivity index (χ0v) is 11.5. The molecule has 0 bridgehead atoms. The largest absolute Gasteiger partial charge is 0.356 e. The van der Waals surface area contributed by atoms with Gasteiger partial charge in [0.25, 0.3) is 0 Å². The van der Waals surface area contributed by atoms with Gasteiger partial charge in [-0.25, -0.2) is 0 Å². The molecular formula is C11H22INO. The molecule has 14 heavy (non-hydrogen) atoms. The van der Waals surface area contributed by atoms with Crippen molar-refractivity contribution in [2.75, 3.05) is 11.0 Å². The van der Waals surface area contributed by atoms with Crippen molar-refractivity contribution in [3.63, 3.8) is 0 Å². The van der Waals surface area contributed by atoms with Gasteiger partial charge in [-0.15, -0.1) is 0 Å². The zero-order valence-electron chi connectivity index (χ0n) is 9.31. The van der Waals surface area contributed by atoms with Crippen LogP contribution in [0.3, 0.4) is 0 Å². The minimum atomic E-state index is 0.216. The summed E-state index contributed by atoms with van der Waals surface area (Å²) in [6, 6.07) is 0. The number of halogens is 1. The summed E-state index contributed by atoms with van der Waals surface area (Å²) in [4.78, 5) is 11.3. The Balaban J connectivity index is 3.18. The van der Waals surface area contributed by atoms with Gasteiger partial charge in [0.1, 0.15) is 0 Å². The van der Waals surface area contributed by atoms with Gasteiger partial charge in [-0.05, 0) is 29.6 Å². The molecule has 0 saturated heterocycles. The standard InChI is InChI=1S/C11H22INO/c1-10(2)6-7-11(14)13-9-5-3-4-8-12/h10H,3-9H2,1-2H3,(H,13,14). The van der Waals surface area contributed by atoms with Crippen LogP contribution >= 0.6 is 22.6 Å².